The van der Waals surface area contributed by atoms with Gasteiger partial charge < -0.3 is 15.2 Å². The number of hydrogen-bond acceptors (Lipinski definition) is 4. The van der Waals surface area contributed by atoms with Gasteiger partial charge in [-0.15, -0.1) is 13.2 Å². The number of alkyl halides is 6. The summed E-state index contributed by atoms with van der Waals surface area (Å²) in [5.74, 6) is -1.73. The minimum Gasteiger partial charge on any atom is -0.493 e. The average Bonchev–Trinajstić information content (AvgIpc) is 2.25. The van der Waals surface area contributed by atoms with Crippen LogP contribution in [0, 0.1) is 0 Å². The Morgan fingerprint density at radius 1 is 1.21 bits per heavy atom. The summed E-state index contributed by atoms with van der Waals surface area (Å²) in [7, 11) is 0.902. The molecular weight excluding hydrogens is 282 g/mol. The third kappa shape index (κ3) is 3.88. The van der Waals surface area contributed by atoms with E-state index in [9.17, 15) is 26.3 Å². The van der Waals surface area contributed by atoms with Crippen molar-refractivity contribution in [2.45, 2.75) is 19.1 Å². The van der Waals surface area contributed by atoms with Gasteiger partial charge in [0.05, 0.1) is 7.11 Å². The Hall–Kier alpha value is -1.71. The smallest absolute Gasteiger partial charge is 0.493 e. The highest BCUT2D eigenvalue weighted by atomic mass is 19.4. The van der Waals surface area contributed by atoms with E-state index in [-0.39, 0.29) is 0 Å². The highest BCUT2D eigenvalue weighted by Crippen LogP contribution is 2.39. The van der Waals surface area contributed by atoms with Crippen LogP contribution in [0.25, 0.3) is 0 Å². The van der Waals surface area contributed by atoms with Crippen LogP contribution in [0.15, 0.2) is 6.07 Å². The van der Waals surface area contributed by atoms with Crippen molar-refractivity contribution in [1.82, 2.24) is 4.98 Å². The second-order valence-electron chi connectivity index (χ2n) is 3.24. The van der Waals surface area contributed by atoms with Crippen LogP contribution in [-0.4, -0.2) is 18.5 Å². The molecule has 19 heavy (non-hydrogen) atoms. The number of nitrogens with zero attached hydrogens (tertiary/aromatic N) is 1. The van der Waals surface area contributed by atoms with Crippen molar-refractivity contribution in [1.29, 1.82) is 0 Å². The molecule has 0 atom stereocenters. The van der Waals surface area contributed by atoms with Crippen LogP contribution in [0.1, 0.15) is 11.4 Å². The average molecular weight is 290 g/mol. The first kappa shape index (κ1) is 15.3. The number of halogens is 6. The first-order valence-corrected chi connectivity index (χ1v) is 4.69. The Labute approximate surface area is 103 Å². The largest absolute Gasteiger partial charge is 0.573 e. The molecule has 0 aliphatic rings. The highest BCUT2D eigenvalue weighted by molar-refractivity contribution is 5.45. The van der Waals surface area contributed by atoms with Crippen molar-refractivity contribution in [3.8, 4) is 11.5 Å². The number of methoxy groups -OCH3 is 1. The molecule has 0 radical (unpaired) electrons. The Bertz CT molecular complexity index is 432. The number of ether oxygens (including phenoxy) is 2. The monoisotopic (exact) mass is 290 g/mol. The maximum atomic E-state index is 12.5. The molecule has 1 aromatic heterocycles. The molecule has 0 aromatic carbocycles. The van der Waals surface area contributed by atoms with Crippen LogP contribution in [0.5, 0.6) is 11.5 Å². The third-order valence-corrected chi connectivity index (χ3v) is 1.93. The van der Waals surface area contributed by atoms with Gasteiger partial charge in [0, 0.05) is 12.6 Å². The Kier molecular flexibility index (Phi) is 4.13. The fourth-order valence-electron chi connectivity index (χ4n) is 1.22. The highest BCUT2D eigenvalue weighted by Gasteiger charge is 2.38. The second kappa shape index (κ2) is 5.11. The standard InChI is InChI=1S/C9H8F6N2O2/c1-18-5-2-6(8(10,11)12)17-4(3-16)7(5)19-9(13,14)15/h2H,3,16H2,1H3. The van der Waals surface area contributed by atoms with Crippen molar-refractivity contribution >= 4 is 0 Å². The first-order valence-electron chi connectivity index (χ1n) is 4.69. The summed E-state index contributed by atoms with van der Waals surface area (Å²) in [6.07, 6.45) is -9.94. The predicted octanol–water partition coefficient (Wildman–Crippen LogP) is 2.47. The van der Waals surface area contributed by atoms with Gasteiger partial charge in [-0.1, -0.05) is 0 Å². The zero-order valence-electron chi connectivity index (χ0n) is 9.39. The quantitative estimate of drug-likeness (QED) is 0.869. The number of hydrogen-bond donors (Lipinski definition) is 1. The Morgan fingerprint density at radius 3 is 2.16 bits per heavy atom. The maximum Gasteiger partial charge on any atom is 0.573 e. The van der Waals surface area contributed by atoms with E-state index in [1.165, 1.54) is 0 Å². The van der Waals surface area contributed by atoms with E-state index < -0.39 is 42.0 Å². The molecule has 0 amide bonds. The molecule has 0 aliphatic carbocycles. The van der Waals surface area contributed by atoms with Gasteiger partial charge >= 0.3 is 12.5 Å². The molecule has 4 nitrogen and oxygen atoms in total. The molecule has 1 rings (SSSR count). The Balaban J connectivity index is 3.38. The second-order valence-corrected chi connectivity index (χ2v) is 3.24. The number of pyridine rings is 1. The molecule has 0 spiro atoms. The van der Waals surface area contributed by atoms with Crippen LogP contribution >= 0.6 is 0 Å². The van der Waals surface area contributed by atoms with Crippen LogP contribution in [-0.2, 0) is 12.7 Å². The van der Waals surface area contributed by atoms with E-state index in [0.29, 0.717) is 6.07 Å². The van der Waals surface area contributed by atoms with E-state index in [0.717, 1.165) is 7.11 Å². The van der Waals surface area contributed by atoms with Gasteiger partial charge in [0.1, 0.15) is 11.4 Å². The summed E-state index contributed by atoms with van der Waals surface area (Å²) in [6.45, 7) is -0.675. The van der Waals surface area contributed by atoms with Gasteiger partial charge in [-0.05, 0) is 0 Å². The van der Waals surface area contributed by atoms with Crippen LogP contribution < -0.4 is 15.2 Å². The molecule has 0 bridgehead atoms. The van der Waals surface area contributed by atoms with Gasteiger partial charge in [-0.3, -0.25) is 0 Å². The molecular formula is C9H8F6N2O2. The summed E-state index contributed by atoms with van der Waals surface area (Å²) in [5, 5.41) is 0. The first-order chi connectivity index (χ1) is 8.58. The zero-order valence-corrected chi connectivity index (χ0v) is 9.39. The van der Waals surface area contributed by atoms with Gasteiger partial charge in [0.2, 0.25) is 0 Å². The minimum atomic E-state index is -5.10. The minimum absolute atomic E-state index is 0.306. The fraction of sp³-hybridized carbons (Fsp3) is 0.444. The van der Waals surface area contributed by atoms with Crippen molar-refractivity contribution in [3.63, 3.8) is 0 Å². The van der Waals surface area contributed by atoms with E-state index in [4.69, 9.17) is 5.73 Å². The van der Waals surface area contributed by atoms with E-state index >= 15 is 0 Å². The van der Waals surface area contributed by atoms with Gasteiger partial charge in [0.15, 0.2) is 11.5 Å². The fourth-order valence-corrected chi connectivity index (χ4v) is 1.22. The zero-order chi connectivity index (χ0) is 14.8. The lowest BCUT2D eigenvalue weighted by atomic mass is 10.2. The van der Waals surface area contributed by atoms with Crippen LogP contribution in [0.4, 0.5) is 26.3 Å². The molecule has 10 heteroatoms. The SMILES string of the molecule is COc1cc(C(F)(F)F)nc(CN)c1OC(F)(F)F. The summed E-state index contributed by atoms with van der Waals surface area (Å²) >= 11 is 0. The lowest BCUT2D eigenvalue weighted by Crippen LogP contribution is -2.21. The molecule has 1 aromatic rings. The van der Waals surface area contributed by atoms with E-state index in [1.807, 2.05) is 0 Å². The maximum absolute atomic E-state index is 12.5. The number of nitrogens with two attached hydrogens (primary N) is 1. The molecule has 0 saturated heterocycles. The molecule has 0 fully saturated rings. The van der Waals surface area contributed by atoms with Gasteiger partial charge in [0.25, 0.3) is 0 Å². The summed E-state index contributed by atoms with van der Waals surface area (Å²) in [6, 6.07) is 0.306. The molecule has 0 saturated carbocycles. The topological polar surface area (TPSA) is 57.4 Å². The summed E-state index contributed by atoms with van der Waals surface area (Å²) in [4.78, 5) is 3.00. The number of aromatic nitrogens is 1. The predicted molar refractivity (Wildman–Crippen MR) is 50.4 cm³/mol. The lowest BCUT2D eigenvalue weighted by Gasteiger charge is -2.17. The number of rotatable bonds is 3. The normalized spacial score (nSPS) is 12.4. The molecule has 108 valence electrons. The third-order valence-electron chi connectivity index (χ3n) is 1.93. The molecule has 2 N–H and O–H groups in total. The van der Waals surface area contributed by atoms with Crippen molar-refractivity contribution < 1.29 is 35.8 Å². The van der Waals surface area contributed by atoms with Gasteiger partial charge in [-0.2, -0.15) is 13.2 Å². The summed E-state index contributed by atoms with van der Waals surface area (Å²) in [5.41, 5.74) is 2.95. The lowest BCUT2D eigenvalue weighted by molar-refractivity contribution is -0.275. The van der Waals surface area contributed by atoms with Crippen molar-refractivity contribution in [2.24, 2.45) is 5.73 Å². The van der Waals surface area contributed by atoms with Crippen LogP contribution in [0.2, 0.25) is 0 Å². The summed E-state index contributed by atoms with van der Waals surface area (Å²) < 4.78 is 81.9. The van der Waals surface area contributed by atoms with Crippen molar-refractivity contribution in [2.75, 3.05) is 7.11 Å². The van der Waals surface area contributed by atoms with E-state index in [2.05, 4.69) is 14.5 Å². The molecule has 1 heterocycles. The molecule has 0 aliphatic heterocycles. The van der Waals surface area contributed by atoms with Crippen molar-refractivity contribution in [3.05, 3.63) is 17.5 Å². The molecule has 0 unspecified atom stereocenters. The van der Waals surface area contributed by atoms with E-state index in [1.54, 1.807) is 0 Å². The Morgan fingerprint density at radius 2 is 1.79 bits per heavy atom. The van der Waals surface area contributed by atoms with Gasteiger partial charge in [-0.25, -0.2) is 4.98 Å². The van der Waals surface area contributed by atoms with Crippen LogP contribution in [0.3, 0.4) is 0 Å².